The molecule has 3 aromatic carbocycles. The van der Waals surface area contributed by atoms with Crippen molar-refractivity contribution in [3.63, 3.8) is 0 Å². The molecule has 0 bridgehead atoms. The van der Waals surface area contributed by atoms with E-state index in [1.165, 1.54) is 5.56 Å². The molecule has 0 saturated carbocycles. The summed E-state index contributed by atoms with van der Waals surface area (Å²) in [6, 6.07) is 23.6. The number of allylic oxidation sites excluding steroid dienone is 1. The van der Waals surface area contributed by atoms with Crippen LogP contribution in [0.15, 0.2) is 84.6 Å². The average molecular weight is 396 g/mol. The number of carbonyl (C=O) groups is 1. The van der Waals surface area contributed by atoms with Gasteiger partial charge in [-0.1, -0.05) is 74.5 Å². The standard InChI is InChI=1S/C27H24O3/c1-19(2)22-12-10-21(11-13-22)17-26-27(28)24-15-14-23(18-25(24)30-26)29-16-6-9-20-7-4-3-5-8-20/h3-15,17-19H,16H2,1-2H3/b9-6+,26-17-. The Kier molecular flexibility index (Phi) is 5.80. The van der Waals surface area contributed by atoms with Gasteiger partial charge in [0.2, 0.25) is 5.78 Å². The van der Waals surface area contributed by atoms with Crippen molar-refractivity contribution in [1.82, 2.24) is 0 Å². The Morgan fingerprint density at radius 3 is 2.43 bits per heavy atom. The van der Waals surface area contributed by atoms with Gasteiger partial charge in [0.05, 0.1) is 5.56 Å². The summed E-state index contributed by atoms with van der Waals surface area (Å²) < 4.78 is 11.6. The van der Waals surface area contributed by atoms with Gasteiger partial charge in [0.15, 0.2) is 5.76 Å². The van der Waals surface area contributed by atoms with E-state index in [1.807, 2.05) is 54.6 Å². The molecular formula is C27H24O3. The predicted octanol–water partition coefficient (Wildman–Crippen LogP) is 6.52. The van der Waals surface area contributed by atoms with Crippen molar-refractivity contribution in [3.8, 4) is 11.5 Å². The second-order valence-corrected chi connectivity index (χ2v) is 7.54. The topological polar surface area (TPSA) is 35.5 Å². The number of carbonyl (C=O) groups excluding carboxylic acids is 1. The third-order valence-electron chi connectivity index (χ3n) is 5.00. The van der Waals surface area contributed by atoms with Gasteiger partial charge in [-0.25, -0.2) is 0 Å². The van der Waals surface area contributed by atoms with Crippen molar-refractivity contribution in [2.24, 2.45) is 0 Å². The number of hydrogen-bond acceptors (Lipinski definition) is 3. The van der Waals surface area contributed by atoms with Gasteiger partial charge in [0.25, 0.3) is 0 Å². The molecule has 0 fully saturated rings. The molecule has 0 atom stereocenters. The number of ketones is 1. The zero-order valence-electron chi connectivity index (χ0n) is 17.2. The van der Waals surface area contributed by atoms with E-state index < -0.39 is 0 Å². The second-order valence-electron chi connectivity index (χ2n) is 7.54. The molecule has 0 N–H and O–H groups in total. The molecule has 3 nitrogen and oxygen atoms in total. The summed E-state index contributed by atoms with van der Waals surface area (Å²) in [6.45, 7) is 4.75. The molecule has 0 spiro atoms. The van der Waals surface area contributed by atoms with Crippen LogP contribution in [-0.2, 0) is 0 Å². The molecule has 1 heterocycles. The monoisotopic (exact) mass is 396 g/mol. The molecule has 0 aliphatic carbocycles. The van der Waals surface area contributed by atoms with Crippen LogP contribution in [0.25, 0.3) is 12.2 Å². The van der Waals surface area contributed by atoms with Crippen LogP contribution in [0.2, 0.25) is 0 Å². The fraction of sp³-hybridized carbons (Fsp3) is 0.148. The van der Waals surface area contributed by atoms with Crippen molar-refractivity contribution in [3.05, 3.63) is 107 Å². The van der Waals surface area contributed by atoms with E-state index in [9.17, 15) is 4.79 Å². The summed E-state index contributed by atoms with van der Waals surface area (Å²) in [5.41, 5.74) is 3.90. The first-order valence-corrected chi connectivity index (χ1v) is 10.1. The highest BCUT2D eigenvalue weighted by molar-refractivity contribution is 6.14. The van der Waals surface area contributed by atoms with E-state index in [1.54, 1.807) is 24.3 Å². The Morgan fingerprint density at radius 1 is 0.933 bits per heavy atom. The van der Waals surface area contributed by atoms with Gasteiger partial charge in [0, 0.05) is 6.07 Å². The van der Waals surface area contributed by atoms with Crippen LogP contribution in [0.4, 0.5) is 0 Å². The minimum absolute atomic E-state index is 0.103. The second kappa shape index (κ2) is 8.83. The largest absolute Gasteiger partial charge is 0.489 e. The number of benzene rings is 3. The smallest absolute Gasteiger partial charge is 0.231 e. The van der Waals surface area contributed by atoms with E-state index >= 15 is 0 Å². The van der Waals surface area contributed by atoms with Gasteiger partial charge in [-0.15, -0.1) is 0 Å². The van der Waals surface area contributed by atoms with Crippen molar-refractivity contribution < 1.29 is 14.3 Å². The highest BCUT2D eigenvalue weighted by Gasteiger charge is 2.27. The molecule has 0 amide bonds. The first-order chi connectivity index (χ1) is 14.6. The summed E-state index contributed by atoms with van der Waals surface area (Å²) in [6.07, 6.45) is 5.76. The molecule has 1 aliphatic heterocycles. The van der Waals surface area contributed by atoms with E-state index in [0.29, 0.717) is 35.3 Å². The van der Waals surface area contributed by atoms with Gasteiger partial charge < -0.3 is 9.47 Å². The molecule has 0 unspecified atom stereocenters. The molecule has 4 rings (SSSR count). The Bertz CT molecular complexity index is 1090. The fourth-order valence-electron chi connectivity index (χ4n) is 3.28. The lowest BCUT2D eigenvalue weighted by molar-refractivity contribution is 0.101. The van der Waals surface area contributed by atoms with Crippen molar-refractivity contribution >= 4 is 17.9 Å². The van der Waals surface area contributed by atoms with Gasteiger partial charge in [-0.05, 0) is 46.9 Å². The Hall–Kier alpha value is -3.59. The minimum Gasteiger partial charge on any atom is -0.489 e. The summed E-state index contributed by atoms with van der Waals surface area (Å²) in [4.78, 5) is 12.7. The SMILES string of the molecule is CC(C)c1ccc(/C=C2\Oc3cc(OC/C=C/c4ccccc4)ccc3C2=O)cc1. The Labute approximate surface area is 177 Å². The van der Waals surface area contributed by atoms with Crippen LogP contribution in [0.5, 0.6) is 11.5 Å². The highest BCUT2D eigenvalue weighted by Crippen LogP contribution is 2.35. The van der Waals surface area contributed by atoms with E-state index in [-0.39, 0.29) is 5.78 Å². The molecule has 0 aromatic heterocycles. The summed E-state index contributed by atoms with van der Waals surface area (Å²) >= 11 is 0. The zero-order valence-corrected chi connectivity index (χ0v) is 17.2. The molecule has 150 valence electrons. The van der Waals surface area contributed by atoms with E-state index in [0.717, 1.165) is 11.1 Å². The number of rotatable bonds is 6. The van der Waals surface area contributed by atoms with Crippen LogP contribution in [0.3, 0.4) is 0 Å². The Balaban J connectivity index is 1.42. The van der Waals surface area contributed by atoms with Gasteiger partial charge in [-0.2, -0.15) is 0 Å². The van der Waals surface area contributed by atoms with E-state index in [4.69, 9.17) is 9.47 Å². The van der Waals surface area contributed by atoms with Gasteiger partial charge in [0.1, 0.15) is 18.1 Å². The van der Waals surface area contributed by atoms with Gasteiger partial charge >= 0.3 is 0 Å². The van der Waals surface area contributed by atoms with Crippen LogP contribution in [0, 0.1) is 0 Å². The van der Waals surface area contributed by atoms with Crippen LogP contribution in [-0.4, -0.2) is 12.4 Å². The summed E-state index contributed by atoms with van der Waals surface area (Å²) in [5, 5.41) is 0. The number of hydrogen-bond donors (Lipinski definition) is 0. The normalized spacial score (nSPS) is 14.4. The fourth-order valence-corrected chi connectivity index (χ4v) is 3.28. The Morgan fingerprint density at radius 2 is 1.70 bits per heavy atom. The van der Waals surface area contributed by atoms with Crippen LogP contribution >= 0.6 is 0 Å². The molecule has 3 aromatic rings. The number of fused-ring (bicyclic) bond motifs is 1. The summed E-state index contributed by atoms with van der Waals surface area (Å²) in [5.74, 6) is 1.91. The van der Waals surface area contributed by atoms with Crippen molar-refractivity contribution in [2.45, 2.75) is 19.8 Å². The van der Waals surface area contributed by atoms with Gasteiger partial charge in [-0.3, -0.25) is 4.79 Å². The quantitative estimate of drug-likeness (QED) is 0.445. The zero-order chi connectivity index (χ0) is 20.9. The lowest BCUT2D eigenvalue weighted by Crippen LogP contribution is -1.98. The third kappa shape index (κ3) is 4.52. The highest BCUT2D eigenvalue weighted by atomic mass is 16.5. The maximum Gasteiger partial charge on any atom is 0.231 e. The molecular weight excluding hydrogens is 372 g/mol. The number of ether oxygens (including phenoxy) is 2. The maximum atomic E-state index is 12.7. The average Bonchev–Trinajstić information content (AvgIpc) is 3.07. The van der Waals surface area contributed by atoms with E-state index in [2.05, 4.69) is 26.0 Å². The first kappa shape index (κ1) is 19.7. The van der Waals surface area contributed by atoms with Crippen LogP contribution < -0.4 is 9.47 Å². The van der Waals surface area contributed by atoms with Crippen molar-refractivity contribution in [1.29, 1.82) is 0 Å². The molecule has 30 heavy (non-hydrogen) atoms. The van der Waals surface area contributed by atoms with Crippen molar-refractivity contribution in [2.75, 3.05) is 6.61 Å². The first-order valence-electron chi connectivity index (χ1n) is 10.1. The lowest BCUT2D eigenvalue weighted by Gasteiger charge is -2.05. The molecule has 0 radical (unpaired) electrons. The molecule has 1 aliphatic rings. The maximum absolute atomic E-state index is 12.7. The number of Topliss-reactive ketones (excluding diaryl/α,β-unsaturated/α-hetero) is 1. The van der Waals surface area contributed by atoms with Crippen LogP contribution in [0.1, 0.15) is 46.8 Å². The lowest BCUT2D eigenvalue weighted by atomic mass is 10.0. The summed E-state index contributed by atoms with van der Waals surface area (Å²) in [7, 11) is 0. The minimum atomic E-state index is -0.103. The molecule has 3 heteroatoms. The molecule has 0 saturated heterocycles. The predicted molar refractivity (Wildman–Crippen MR) is 121 cm³/mol. The third-order valence-corrected chi connectivity index (χ3v) is 5.00.